The van der Waals surface area contributed by atoms with E-state index in [0.29, 0.717) is 23.9 Å². The van der Waals surface area contributed by atoms with Gasteiger partial charge in [-0.2, -0.15) is 0 Å². The van der Waals surface area contributed by atoms with Gasteiger partial charge >= 0.3 is 0 Å². The molecule has 0 unspecified atom stereocenters. The minimum atomic E-state index is -3.52. The standard InChI is InChI=1S/C16H28IN3O2S/c1-11(2)15(9-18)19-10-16(12(3)4)20-23(21,22)14-7-5-13(17)6-8-14/h5-8,11-12,15-16,19-20H,9-10,18H2,1-4H3/t15-,16-/m1/s1. The van der Waals surface area contributed by atoms with Crippen LogP contribution in [0.4, 0.5) is 0 Å². The summed E-state index contributed by atoms with van der Waals surface area (Å²) in [7, 11) is -3.52. The van der Waals surface area contributed by atoms with Gasteiger partial charge in [0.1, 0.15) is 0 Å². The van der Waals surface area contributed by atoms with Crippen LogP contribution in [0.2, 0.25) is 0 Å². The zero-order chi connectivity index (χ0) is 17.6. The lowest BCUT2D eigenvalue weighted by Crippen LogP contribution is -2.50. The van der Waals surface area contributed by atoms with E-state index >= 15 is 0 Å². The molecule has 1 aromatic carbocycles. The maximum Gasteiger partial charge on any atom is 0.240 e. The Hall–Kier alpha value is -0.220. The van der Waals surface area contributed by atoms with Crippen molar-refractivity contribution in [1.29, 1.82) is 0 Å². The van der Waals surface area contributed by atoms with Gasteiger partial charge in [-0.3, -0.25) is 0 Å². The molecule has 1 aromatic rings. The van der Waals surface area contributed by atoms with Gasteiger partial charge in [0.15, 0.2) is 0 Å². The highest BCUT2D eigenvalue weighted by Crippen LogP contribution is 2.14. The summed E-state index contributed by atoms with van der Waals surface area (Å²) in [6.45, 7) is 9.31. The summed E-state index contributed by atoms with van der Waals surface area (Å²) in [6.07, 6.45) is 0. The fraction of sp³-hybridized carbons (Fsp3) is 0.625. The third-order valence-electron chi connectivity index (χ3n) is 3.89. The molecular formula is C16H28IN3O2S. The summed E-state index contributed by atoms with van der Waals surface area (Å²) in [6, 6.07) is 6.84. The fourth-order valence-corrected chi connectivity index (χ4v) is 3.91. The predicted octanol–water partition coefficient (Wildman–Crippen LogP) is 2.17. The molecule has 0 aromatic heterocycles. The van der Waals surface area contributed by atoms with Crippen molar-refractivity contribution in [2.24, 2.45) is 17.6 Å². The first-order chi connectivity index (χ1) is 10.7. The molecule has 4 N–H and O–H groups in total. The fourth-order valence-electron chi connectivity index (χ4n) is 2.16. The Bertz CT molecular complexity index is 573. The van der Waals surface area contributed by atoms with E-state index in [1.54, 1.807) is 24.3 Å². The molecule has 0 bridgehead atoms. The molecule has 0 fully saturated rings. The molecule has 0 saturated carbocycles. The molecule has 132 valence electrons. The number of nitrogens with one attached hydrogen (secondary N) is 2. The highest BCUT2D eigenvalue weighted by Gasteiger charge is 2.23. The summed E-state index contributed by atoms with van der Waals surface area (Å²) in [4.78, 5) is 0.294. The third-order valence-corrected chi connectivity index (χ3v) is 6.12. The third kappa shape index (κ3) is 6.66. The molecule has 0 aliphatic carbocycles. The molecule has 0 aliphatic rings. The van der Waals surface area contributed by atoms with Gasteiger partial charge in [-0.05, 0) is 58.7 Å². The van der Waals surface area contributed by atoms with Crippen LogP contribution >= 0.6 is 22.6 Å². The molecular weight excluding hydrogens is 425 g/mol. The monoisotopic (exact) mass is 453 g/mol. The van der Waals surface area contributed by atoms with Gasteiger partial charge in [0.25, 0.3) is 0 Å². The van der Waals surface area contributed by atoms with Crippen LogP contribution in [0.25, 0.3) is 0 Å². The van der Waals surface area contributed by atoms with Gasteiger partial charge in [-0.15, -0.1) is 0 Å². The van der Waals surface area contributed by atoms with Crippen molar-refractivity contribution >= 4 is 32.6 Å². The Balaban J connectivity index is 2.80. The first-order valence-electron chi connectivity index (χ1n) is 7.88. The average Bonchev–Trinajstić information content (AvgIpc) is 2.46. The van der Waals surface area contributed by atoms with Crippen LogP contribution in [0.5, 0.6) is 0 Å². The van der Waals surface area contributed by atoms with Crippen molar-refractivity contribution in [1.82, 2.24) is 10.0 Å². The highest BCUT2D eigenvalue weighted by atomic mass is 127. The normalized spacial score (nSPS) is 15.1. The molecule has 1 rings (SSSR count). The zero-order valence-electron chi connectivity index (χ0n) is 14.2. The molecule has 2 atom stereocenters. The van der Waals surface area contributed by atoms with Crippen molar-refractivity contribution in [3.8, 4) is 0 Å². The van der Waals surface area contributed by atoms with Crippen LogP contribution in [0.1, 0.15) is 27.7 Å². The molecule has 0 aliphatic heterocycles. The Labute approximate surface area is 154 Å². The molecule has 0 spiro atoms. The van der Waals surface area contributed by atoms with Crippen molar-refractivity contribution in [3.63, 3.8) is 0 Å². The number of nitrogens with two attached hydrogens (primary N) is 1. The van der Waals surface area contributed by atoms with Crippen LogP contribution in [0, 0.1) is 15.4 Å². The van der Waals surface area contributed by atoms with E-state index in [-0.39, 0.29) is 18.0 Å². The van der Waals surface area contributed by atoms with Crippen LogP contribution in [0.3, 0.4) is 0 Å². The number of halogens is 1. The number of hydrogen-bond donors (Lipinski definition) is 3. The minimum absolute atomic E-state index is 0.173. The highest BCUT2D eigenvalue weighted by molar-refractivity contribution is 14.1. The topological polar surface area (TPSA) is 84.2 Å². The van der Waals surface area contributed by atoms with Gasteiger partial charge < -0.3 is 11.1 Å². The van der Waals surface area contributed by atoms with E-state index in [2.05, 4.69) is 46.5 Å². The Morgan fingerprint density at radius 3 is 2.00 bits per heavy atom. The average molecular weight is 453 g/mol. The summed E-state index contributed by atoms with van der Waals surface area (Å²) in [5.41, 5.74) is 5.77. The first-order valence-corrected chi connectivity index (χ1v) is 10.4. The summed E-state index contributed by atoms with van der Waals surface area (Å²) in [5.74, 6) is 0.576. The number of benzene rings is 1. The Morgan fingerprint density at radius 1 is 1.04 bits per heavy atom. The predicted molar refractivity (Wildman–Crippen MR) is 104 cm³/mol. The minimum Gasteiger partial charge on any atom is -0.329 e. The van der Waals surface area contributed by atoms with Crippen molar-refractivity contribution in [2.75, 3.05) is 13.1 Å². The van der Waals surface area contributed by atoms with Crippen molar-refractivity contribution in [2.45, 2.75) is 44.7 Å². The second-order valence-corrected chi connectivity index (χ2v) is 9.38. The van der Waals surface area contributed by atoms with Crippen LogP contribution < -0.4 is 15.8 Å². The second-order valence-electron chi connectivity index (χ2n) is 6.42. The van der Waals surface area contributed by atoms with E-state index in [1.165, 1.54) is 0 Å². The lowest BCUT2D eigenvalue weighted by molar-refractivity contribution is 0.354. The van der Waals surface area contributed by atoms with Gasteiger partial charge in [-0.25, -0.2) is 13.1 Å². The smallest absolute Gasteiger partial charge is 0.240 e. The lowest BCUT2D eigenvalue weighted by atomic mass is 10.0. The van der Waals surface area contributed by atoms with E-state index in [4.69, 9.17) is 5.73 Å². The molecule has 0 amide bonds. The zero-order valence-corrected chi connectivity index (χ0v) is 17.2. The molecule has 0 saturated heterocycles. The molecule has 23 heavy (non-hydrogen) atoms. The van der Waals surface area contributed by atoms with E-state index in [9.17, 15) is 8.42 Å². The summed E-state index contributed by atoms with van der Waals surface area (Å²) < 4.78 is 28.9. The summed E-state index contributed by atoms with van der Waals surface area (Å²) >= 11 is 2.15. The van der Waals surface area contributed by atoms with Crippen molar-refractivity contribution in [3.05, 3.63) is 27.8 Å². The van der Waals surface area contributed by atoms with Crippen LogP contribution in [-0.2, 0) is 10.0 Å². The lowest BCUT2D eigenvalue weighted by Gasteiger charge is -2.27. The van der Waals surface area contributed by atoms with Gasteiger partial charge in [-0.1, -0.05) is 27.7 Å². The van der Waals surface area contributed by atoms with E-state index in [1.807, 2.05) is 13.8 Å². The Kier molecular flexibility index (Phi) is 8.43. The quantitative estimate of drug-likeness (QED) is 0.501. The maximum absolute atomic E-state index is 12.5. The summed E-state index contributed by atoms with van der Waals surface area (Å²) in [5, 5.41) is 3.38. The molecule has 7 heteroatoms. The van der Waals surface area contributed by atoms with Gasteiger partial charge in [0.2, 0.25) is 10.0 Å². The number of hydrogen-bond acceptors (Lipinski definition) is 4. The SMILES string of the molecule is CC(C)[C@@H](CN)NC[C@@H](NS(=O)(=O)c1ccc(I)cc1)C(C)C. The molecule has 5 nitrogen and oxygen atoms in total. The first kappa shape index (κ1) is 20.8. The van der Waals surface area contributed by atoms with E-state index < -0.39 is 10.0 Å². The van der Waals surface area contributed by atoms with Gasteiger partial charge in [0.05, 0.1) is 4.90 Å². The van der Waals surface area contributed by atoms with Crippen molar-refractivity contribution < 1.29 is 8.42 Å². The Morgan fingerprint density at radius 2 is 1.57 bits per heavy atom. The second kappa shape index (κ2) is 9.31. The maximum atomic E-state index is 12.5. The van der Waals surface area contributed by atoms with Crippen LogP contribution in [0.15, 0.2) is 29.2 Å². The number of sulfonamides is 1. The molecule has 0 radical (unpaired) electrons. The largest absolute Gasteiger partial charge is 0.329 e. The number of rotatable bonds is 9. The van der Waals surface area contributed by atoms with Gasteiger partial charge in [0, 0.05) is 28.7 Å². The molecule has 0 heterocycles. The van der Waals surface area contributed by atoms with Crippen LogP contribution in [-0.4, -0.2) is 33.6 Å². The van der Waals surface area contributed by atoms with E-state index in [0.717, 1.165) is 3.57 Å².